The highest BCUT2D eigenvalue weighted by molar-refractivity contribution is 9.10. The van der Waals surface area contributed by atoms with Crippen molar-refractivity contribution in [1.82, 2.24) is 4.90 Å². The van der Waals surface area contributed by atoms with Crippen molar-refractivity contribution in [1.29, 1.82) is 0 Å². The van der Waals surface area contributed by atoms with Gasteiger partial charge in [-0.05, 0) is 47.3 Å². The van der Waals surface area contributed by atoms with Crippen LogP contribution in [0.2, 0.25) is 0 Å². The summed E-state index contributed by atoms with van der Waals surface area (Å²) in [6.45, 7) is 3.58. The summed E-state index contributed by atoms with van der Waals surface area (Å²) in [5, 5.41) is 2.04. The number of hydrogen-bond acceptors (Lipinski definition) is 3. The number of halogens is 1. The van der Waals surface area contributed by atoms with Crippen molar-refractivity contribution in [3.63, 3.8) is 0 Å². The van der Waals surface area contributed by atoms with Crippen LogP contribution in [-0.2, 0) is 11.3 Å². The van der Waals surface area contributed by atoms with Gasteiger partial charge in [-0.15, -0.1) is 11.3 Å². The monoisotopic (exact) mass is 346 g/mol. The summed E-state index contributed by atoms with van der Waals surface area (Å²) in [6.07, 6.45) is 3.70. The number of amides is 1. The zero-order valence-electron chi connectivity index (χ0n) is 11.7. The Morgan fingerprint density at radius 1 is 1.53 bits per heavy atom. The van der Waals surface area contributed by atoms with E-state index in [0.29, 0.717) is 25.4 Å². The first-order valence-corrected chi connectivity index (χ1v) is 8.41. The normalized spacial score (nSPS) is 12.4. The van der Waals surface area contributed by atoms with Gasteiger partial charge in [0.2, 0.25) is 5.91 Å². The number of carbonyl (C=O) groups is 1. The lowest BCUT2D eigenvalue weighted by molar-refractivity contribution is -0.130. The standard InChI is InChI=1S/C14H23BrN2OS/c1-3-11(6-7-16)4-5-14(18)17(2)9-13-8-12(15)10-19-13/h8,10-11H,3-7,9,16H2,1-2H3. The van der Waals surface area contributed by atoms with Crippen LogP contribution in [0.5, 0.6) is 0 Å². The van der Waals surface area contributed by atoms with E-state index in [2.05, 4.69) is 28.9 Å². The lowest BCUT2D eigenvalue weighted by atomic mass is 9.96. The van der Waals surface area contributed by atoms with Crippen molar-refractivity contribution in [2.24, 2.45) is 11.7 Å². The SMILES string of the molecule is CCC(CCN)CCC(=O)N(C)Cc1cc(Br)cs1. The lowest BCUT2D eigenvalue weighted by Crippen LogP contribution is -2.26. The zero-order valence-corrected chi connectivity index (χ0v) is 14.1. The Kier molecular flexibility index (Phi) is 7.64. The number of rotatable bonds is 8. The first-order valence-electron chi connectivity index (χ1n) is 6.73. The molecule has 0 aliphatic heterocycles. The van der Waals surface area contributed by atoms with E-state index >= 15 is 0 Å². The summed E-state index contributed by atoms with van der Waals surface area (Å²) in [5.74, 6) is 0.804. The Hall–Kier alpha value is -0.390. The second kappa shape index (κ2) is 8.72. The van der Waals surface area contributed by atoms with Crippen molar-refractivity contribution in [3.05, 3.63) is 20.8 Å². The van der Waals surface area contributed by atoms with Gasteiger partial charge in [0.1, 0.15) is 0 Å². The average molecular weight is 347 g/mol. The van der Waals surface area contributed by atoms with E-state index < -0.39 is 0 Å². The summed E-state index contributed by atoms with van der Waals surface area (Å²) < 4.78 is 1.09. The molecule has 0 saturated heterocycles. The van der Waals surface area contributed by atoms with Crippen LogP contribution in [0.1, 0.15) is 37.5 Å². The quantitative estimate of drug-likeness (QED) is 0.781. The molecule has 0 bridgehead atoms. The molecule has 1 heterocycles. The van der Waals surface area contributed by atoms with E-state index in [1.54, 1.807) is 11.3 Å². The van der Waals surface area contributed by atoms with Crippen molar-refractivity contribution >= 4 is 33.2 Å². The van der Waals surface area contributed by atoms with Gasteiger partial charge in [-0.2, -0.15) is 0 Å². The van der Waals surface area contributed by atoms with Gasteiger partial charge >= 0.3 is 0 Å². The molecule has 0 radical (unpaired) electrons. The molecule has 0 aliphatic carbocycles. The highest BCUT2D eigenvalue weighted by atomic mass is 79.9. The van der Waals surface area contributed by atoms with Crippen molar-refractivity contribution in [2.75, 3.05) is 13.6 Å². The summed E-state index contributed by atoms with van der Waals surface area (Å²) in [6, 6.07) is 2.07. The highest BCUT2D eigenvalue weighted by Crippen LogP contribution is 2.21. The predicted molar refractivity (Wildman–Crippen MR) is 85.2 cm³/mol. The van der Waals surface area contributed by atoms with Crippen LogP contribution in [0.4, 0.5) is 0 Å². The second-order valence-corrected chi connectivity index (χ2v) is 6.78. The summed E-state index contributed by atoms with van der Waals surface area (Å²) >= 11 is 5.11. The van der Waals surface area contributed by atoms with E-state index in [9.17, 15) is 4.79 Å². The van der Waals surface area contributed by atoms with Crippen molar-refractivity contribution in [3.8, 4) is 0 Å². The number of carbonyl (C=O) groups excluding carboxylic acids is 1. The smallest absolute Gasteiger partial charge is 0.222 e. The van der Waals surface area contributed by atoms with Crippen LogP contribution in [-0.4, -0.2) is 24.4 Å². The summed E-state index contributed by atoms with van der Waals surface area (Å²) in [4.78, 5) is 15.1. The topological polar surface area (TPSA) is 46.3 Å². The van der Waals surface area contributed by atoms with Gasteiger partial charge in [0.25, 0.3) is 0 Å². The molecule has 0 aromatic carbocycles. The fourth-order valence-electron chi connectivity index (χ4n) is 2.07. The van der Waals surface area contributed by atoms with E-state index in [4.69, 9.17) is 5.73 Å². The third-order valence-electron chi connectivity index (χ3n) is 3.36. The van der Waals surface area contributed by atoms with Gasteiger partial charge in [-0.3, -0.25) is 4.79 Å². The fraction of sp³-hybridized carbons (Fsp3) is 0.643. The molecule has 3 nitrogen and oxygen atoms in total. The minimum absolute atomic E-state index is 0.222. The van der Waals surface area contributed by atoms with Crippen LogP contribution in [0.15, 0.2) is 15.9 Å². The van der Waals surface area contributed by atoms with Gasteiger partial charge in [0.05, 0.1) is 6.54 Å². The van der Waals surface area contributed by atoms with Gasteiger partial charge in [-0.25, -0.2) is 0 Å². The first kappa shape index (κ1) is 16.7. The Labute approximate surface area is 128 Å². The first-order chi connectivity index (χ1) is 9.06. The van der Waals surface area contributed by atoms with Crippen LogP contribution in [0.25, 0.3) is 0 Å². The molecule has 0 fully saturated rings. The van der Waals surface area contributed by atoms with Crippen LogP contribution in [0.3, 0.4) is 0 Å². The molecule has 0 spiro atoms. The molecule has 5 heteroatoms. The van der Waals surface area contributed by atoms with E-state index in [0.717, 1.165) is 23.7 Å². The third kappa shape index (κ3) is 6.06. The predicted octanol–water partition coefficient (Wildman–Crippen LogP) is 3.62. The Morgan fingerprint density at radius 3 is 2.79 bits per heavy atom. The second-order valence-electron chi connectivity index (χ2n) is 4.87. The maximum atomic E-state index is 12.1. The Morgan fingerprint density at radius 2 is 2.26 bits per heavy atom. The van der Waals surface area contributed by atoms with Crippen LogP contribution >= 0.6 is 27.3 Å². The number of thiophene rings is 1. The molecule has 108 valence electrons. The third-order valence-corrected chi connectivity index (χ3v) is 5.04. The van der Waals surface area contributed by atoms with E-state index in [-0.39, 0.29) is 5.91 Å². The van der Waals surface area contributed by atoms with Gasteiger partial charge in [-0.1, -0.05) is 13.3 Å². The van der Waals surface area contributed by atoms with E-state index in [1.165, 1.54) is 4.88 Å². The molecule has 2 N–H and O–H groups in total. The molecule has 1 amide bonds. The van der Waals surface area contributed by atoms with E-state index in [1.807, 2.05) is 17.3 Å². The molecule has 19 heavy (non-hydrogen) atoms. The molecular weight excluding hydrogens is 324 g/mol. The number of nitrogens with zero attached hydrogens (tertiary/aromatic N) is 1. The molecule has 1 atom stereocenters. The van der Waals surface area contributed by atoms with Gasteiger partial charge in [0, 0.05) is 28.2 Å². The Bertz CT molecular complexity index is 395. The number of nitrogens with two attached hydrogens (primary N) is 1. The minimum Gasteiger partial charge on any atom is -0.341 e. The molecular formula is C14H23BrN2OS. The minimum atomic E-state index is 0.222. The molecule has 1 unspecified atom stereocenters. The fourth-order valence-corrected chi connectivity index (χ4v) is 3.57. The van der Waals surface area contributed by atoms with Crippen molar-refractivity contribution < 1.29 is 4.79 Å². The summed E-state index contributed by atoms with van der Waals surface area (Å²) in [7, 11) is 1.87. The maximum Gasteiger partial charge on any atom is 0.222 e. The molecule has 0 saturated carbocycles. The molecule has 0 aliphatic rings. The lowest BCUT2D eigenvalue weighted by Gasteiger charge is -2.18. The highest BCUT2D eigenvalue weighted by Gasteiger charge is 2.13. The van der Waals surface area contributed by atoms with Gasteiger partial charge in [0.15, 0.2) is 0 Å². The maximum absolute atomic E-state index is 12.1. The number of hydrogen-bond donors (Lipinski definition) is 1. The Balaban J connectivity index is 2.36. The molecule has 1 aromatic rings. The molecule has 1 rings (SSSR count). The average Bonchev–Trinajstić information content (AvgIpc) is 2.79. The largest absolute Gasteiger partial charge is 0.341 e. The summed E-state index contributed by atoms with van der Waals surface area (Å²) in [5.41, 5.74) is 5.58. The van der Waals surface area contributed by atoms with Gasteiger partial charge < -0.3 is 10.6 Å². The van der Waals surface area contributed by atoms with Crippen LogP contribution < -0.4 is 5.73 Å². The van der Waals surface area contributed by atoms with Crippen molar-refractivity contribution in [2.45, 2.75) is 39.2 Å². The van der Waals surface area contributed by atoms with Crippen LogP contribution in [0, 0.1) is 5.92 Å². The molecule has 1 aromatic heterocycles. The zero-order chi connectivity index (χ0) is 14.3.